The van der Waals surface area contributed by atoms with Crippen LogP contribution in [-0.2, 0) is 0 Å². The number of benzene rings is 3. The predicted molar refractivity (Wildman–Crippen MR) is 104 cm³/mol. The van der Waals surface area contributed by atoms with E-state index in [-0.39, 0.29) is 0 Å². The molecule has 28 heavy (non-hydrogen) atoms. The minimum Gasteiger partial charge on any atom is -0.496 e. The highest BCUT2D eigenvalue weighted by molar-refractivity contribution is 5.43. The van der Waals surface area contributed by atoms with Crippen LogP contribution in [0.2, 0.25) is 0 Å². The maximum atomic E-state index is 9.49. The number of hydrogen-bond acceptors (Lipinski definition) is 5. The van der Waals surface area contributed by atoms with Gasteiger partial charge in [-0.1, -0.05) is 60.7 Å². The van der Waals surface area contributed by atoms with Gasteiger partial charge in [0.2, 0.25) is 12.2 Å². The molecule has 0 fully saturated rings. The van der Waals surface area contributed by atoms with Gasteiger partial charge in [0.25, 0.3) is 0 Å². The Morgan fingerprint density at radius 1 is 0.643 bits per heavy atom. The van der Waals surface area contributed by atoms with Gasteiger partial charge in [0.05, 0.1) is 7.11 Å². The van der Waals surface area contributed by atoms with Gasteiger partial charge in [-0.2, -0.15) is 10.5 Å². The highest BCUT2D eigenvalue weighted by Crippen LogP contribution is 2.33. The van der Waals surface area contributed by atoms with E-state index in [1.165, 1.54) is 7.11 Å². The SMILES string of the molecule is COc1cc(OC(C#N)c2ccccc2)cc(OC(C#N)c2ccccc2)c1. The van der Waals surface area contributed by atoms with Crippen molar-refractivity contribution in [3.05, 3.63) is 90.0 Å². The van der Waals surface area contributed by atoms with Gasteiger partial charge in [0, 0.05) is 29.3 Å². The molecule has 0 spiro atoms. The van der Waals surface area contributed by atoms with Crippen LogP contribution in [-0.4, -0.2) is 7.11 Å². The van der Waals surface area contributed by atoms with E-state index >= 15 is 0 Å². The van der Waals surface area contributed by atoms with Crippen molar-refractivity contribution in [1.29, 1.82) is 10.5 Å². The Balaban J connectivity index is 1.86. The fourth-order valence-corrected chi connectivity index (χ4v) is 2.67. The molecule has 0 heterocycles. The van der Waals surface area contributed by atoms with Gasteiger partial charge in [0.1, 0.15) is 29.4 Å². The van der Waals surface area contributed by atoms with E-state index in [2.05, 4.69) is 12.1 Å². The van der Waals surface area contributed by atoms with Crippen molar-refractivity contribution in [2.75, 3.05) is 7.11 Å². The third-order valence-electron chi connectivity index (χ3n) is 4.04. The average molecular weight is 370 g/mol. The molecule has 0 aromatic heterocycles. The Hall–Kier alpha value is -3.96. The van der Waals surface area contributed by atoms with Crippen LogP contribution in [0.1, 0.15) is 23.3 Å². The van der Waals surface area contributed by atoms with Crippen LogP contribution in [0, 0.1) is 22.7 Å². The molecule has 0 radical (unpaired) electrons. The second kappa shape index (κ2) is 9.12. The van der Waals surface area contributed by atoms with Crippen LogP contribution in [0.3, 0.4) is 0 Å². The minimum absolute atomic E-state index is 0.412. The molecule has 2 atom stereocenters. The summed E-state index contributed by atoms with van der Waals surface area (Å²) >= 11 is 0. The number of methoxy groups -OCH3 is 1. The van der Waals surface area contributed by atoms with Crippen molar-refractivity contribution in [2.24, 2.45) is 0 Å². The Labute approximate surface area is 163 Å². The molecule has 0 aliphatic heterocycles. The van der Waals surface area contributed by atoms with E-state index < -0.39 is 12.2 Å². The average Bonchev–Trinajstić information content (AvgIpc) is 2.76. The molecule has 0 saturated heterocycles. The summed E-state index contributed by atoms with van der Waals surface area (Å²) in [5, 5.41) is 19.0. The highest BCUT2D eigenvalue weighted by Gasteiger charge is 2.16. The van der Waals surface area contributed by atoms with E-state index in [9.17, 15) is 10.5 Å². The first kappa shape index (κ1) is 18.8. The molecule has 138 valence electrons. The molecule has 3 aromatic carbocycles. The normalized spacial score (nSPS) is 12.1. The zero-order valence-corrected chi connectivity index (χ0v) is 15.3. The quantitative estimate of drug-likeness (QED) is 0.586. The lowest BCUT2D eigenvalue weighted by Crippen LogP contribution is -2.07. The lowest BCUT2D eigenvalue weighted by molar-refractivity contribution is 0.245. The van der Waals surface area contributed by atoms with Crippen molar-refractivity contribution >= 4 is 0 Å². The summed E-state index contributed by atoms with van der Waals surface area (Å²) in [6.07, 6.45) is -1.55. The van der Waals surface area contributed by atoms with Crippen LogP contribution < -0.4 is 14.2 Å². The largest absolute Gasteiger partial charge is 0.496 e. The first-order valence-corrected chi connectivity index (χ1v) is 8.65. The predicted octanol–water partition coefficient (Wildman–Crippen LogP) is 4.98. The number of hydrogen-bond donors (Lipinski definition) is 0. The van der Waals surface area contributed by atoms with Gasteiger partial charge in [-0.15, -0.1) is 0 Å². The molecule has 0 saturated carbocycles. The van der Waals surface area contributed by atoms with Gasteiger partial charge in [-0.05, 0) is 0 Å². The zero-order chi connectivity index (χ0) is 19.8. The number of nitriles is 2. The lowest BCUT2D eigenvalue weighted by Gasteiger charge is -2.17. The monoisotopic (exact) mass is 370 g/mol. The third kappa shape index (κ3) is 4.60. The molecule has 0 bridgehead atoms. The molecular weight excluding hydrogens is 352 g/mol. The zero-order valence-electron chi connectivity index (χ0n) is 15.3. The van der Waals surface area contributed by atoms with Crippen molar-refractivity contribution < 1.29 is 14.2 Å². The summed E-state index contributed by atoms with van der Waals surface area (Å²) in [6, 6.07) is 27.7. The fourth-order valence-electron chi connectivity index (χ4n) is 2.67. The van der Waals surface area contributed by atoms with E-state index in [1.54, 1.807) is 18.2 Å². The van der Waals surface area contributed by atoms with E-state index in [0.29, 0.717) is 17.2 Å². The number of ether oxygens (including phenoxy) is 3. The first-order valence-electron chi connectivity index (χ1n) is 8.65. The molecule has 0 N–H and O–H groups in total. The highest BCUT2D eigenvalue weighted by atomic mass is 16.5. The van der Waals surface area contributed by atoms with Crippen molar-refractivity contribution in [3.8, 4) is 29.4 Å². The Kier molecular flexibility index (Phi) is 6.13. The standard InChI is InChI=1S/C23H18N2O3/c1-26-19-12-20(27-22(15-24)17-8-4-2-5-9-17)14-21(13-19)28-23(16-25)18-10-6-3-7-11-18/h2-14,22-23H,1H3. The topological polar surface area (TPSA) is 75.3 Å². The molecule has 3 aromatic rings. The van der Waals surface area contributed by atoms with Crippen LogP contribution in [0.25, 0.3) is 0 Å². The fraction of sp³-hybridized carbons (Fsp3) is 0.130. The summed E-state index contributed by atoms with van der Waals surface area (Å²) in [4.78, 5) is 0. The lowest BCUT2D eigenvalue weighted by atomic mass is 10.1. The summed E-state index contributed by atoms with van der Waals surface area (Å²) in [5.41, 5.74) is 1.49. The van der Waals surface area contributed by atoms with Crippen LogP contribution in [0.15, 0.2) is 78.9 Å². The summed E-state index contributed by atoms with van der Waals surface area (Å²) < 4.78 is 17.0. The number of nitrogens with zero attached hydrogens (tertiary/aromatic N) is 2. The van der Waals surface area contributed by atoms with Gasteiger partial charge in [-0.25, -0.2) is 0 Å². The van der Waals surface area contributed by atoms with Crippen molar-refractivity contribution in [3.63, 3.8) is 0 Å². The molecular formula is C23H18N2O3. The third-order valence-corrected chi connectivity index (χ3v) is 4.04. The Morgan fingerprint density at radius 2 is 1.04 bits per heavy atom. The summed E-state index contributed by atoms with van der Waals surface area (Å²) in [5.74, 6) is 1.33. The summed E-state index contributed by atoms with van der Waals surface area (Å²) in [7, 11) is 1.53. The van der Waals surface area contributed by atoms with Crippen LogP contribution in [0.5, 0.6) is 17.2 Å². The molecule has 0 amide bonds. The van der Waals surface area contributed by atoms with Gasteiger partial charge in [-0.3, -0.25) is 0 Å². The van der Waals surface area contributed by atoms with Gasteiger partial charge >= 0.3 is 0 Å². The van der Waals surface area contributed by atoms with Crippen LogP contribution in [0.4, 0.5) is 0 Å². The number of rotatable bonds is 7. The van der Waals surface area contributed by atoms with Crippen molar-refractivity contribution in [2.45, 2.75) is 12.2 Å². The van der Waals surface area contributed by atoms with E-state index in [4.69, 9.17) is 14.2 Å². The van der Waals surface area contributed by atoms with E-state index in [1.807, 2.05) is 60.7 Å². The molecule has 5 nitrogen and oxygen atoms in total. The summed E-state index contributed by atoms with van der Waals surface area (Å²) in [6.45, 7) is 0. The van der Waals surface area contributed by atoms with E-state index in [0.717, 1.165) is 11.1 Å². The molecule has 0 aliphatic carbocycles. The minimum atomic E-state index is -0.776. The van der Waals surface area contributed by atoms with Gasteiger partial charge < -0.3 is 14.2 Å². The van der Waals surface area contributed by atoms with Gasteiger partial charge in [0.15, 0.2) is 0 Å². The second-order valence-electron chi connectivity index (χ2n) is 5.92. The molecule has 2 unspecified atom stereocenters. The molecule has 5 heteroatoms. The molecule has 0 aliphatic rings. The molecule has 3 rings (SSSR count). The first-order chi connectivity index (χ1) is 13.7. The maximum absolute atomic E-state index is 9.49. The van der Waals surface area contributed by atoms with Crippen molar-refractivity contribution in [1.82, 2.24) is 0 Å². The van der Waals surface area contributed by atoms with Crippen LogP contribution >= 0.6 is 0 Å². The smallest absolute Gasteiger partial charge is 0.209 e. The Bertz CT molecular complexity index is 914. The Morgan fingerprint density at radius 3 is 1.39 bits per heavy atom. The maximum Gasteiger partial charge on any atom is 0.209 e. The second-order valence-corrected chi connectivity index (χ2v) is 5.92.